The SMILES string of the molecule is Cc1ccc(N[n+]2ccc3ccccc3c2)cc1. The number of aromatic nitrogens is 1. The lowest BCUT2D eigenvalue weighted by Crippen LogP contribution is -2.41. The third-order valence-corrected chi connectivity index (χ3v) is 3.00. The van der Waals surface area contributed by atoms with Crippen molar-refractivity contribution >= 4 is 16.5 Å². The molecule has 0 saturated heterocycles. The van der Waals surface area contributed by atoms with Crippen LogP contribution in [-0.2, 0) is 0 Å². The maximum atomic E-state index is 3.34. The van der Waals surface area contributed by atoms with E-state index in [0.29, 0.717) is 0 Å². The second-order valence-corrected chi connectivity index (χ2v) is 4.46. The van der Waals surface area contributed by atoms with Crippen LogP contribution in [0.2, 0.25) is 0 Å². The highest BCUT2D eigenvalue weighted by Crippen LogP contribution is 2.11. The molecule has 0 aliphatic carbocycles. The van der Waals surface area contributed by atoms with Crippen molar-refractivity contribution in [2.45, 2.75) is 6.92 Å². The van der Waals surface area contributed by atoms with Gasteiger partial charge in [-0.1, -0.05) is 40.6 Å². The van der Waals surface area contributed by atoms with Gasteiger partial charge in [0, 0.05) is 11.5 Å². The van der Waals surface area contributed by atoms with Crippen molar-refractivity contribution in [3.8, 4) is 0 Å². The Morgan fingerprint density at radius 2 is 1.56 bits per heavy atom. The first-order valence-electron chi connectivity index (χ1n) is 6.05. The molecule has 1 heterocycles. The lowest BCUT2D eigenvalue weighted by Gasteiger charge is -2.02. The predicted octanol–water partition coefficient (Wildman–Crippen LogP) is 3.31. The smallest absolute Gasteiger partial charge is 0.161 e. The first-order valence-corrected chi connectivity index (χ1v) is 6.05. The number of pyridine rings is 1. The molecule has 1 N–H and O–H groups in total. The van der Waals surface area contributed by atoms with Crippen molar-refractivity contribution in [3.05, 3.63) is 72.6 Å². The van der Waals surface area contributed by atoms with Crippen LogP contribution < -0.4 is 10.1 Å². The molecule has 0 bridgehead atoms. The number of hydrogen-bond donors (Lipinski definition) is 1. The number of aryl methyl sites for hydroxylation is 1. The van der Waals surface area contributed by atoms with Crippen molar-refractivity contribution in [2.24, 2.45) is 0 Å². The number of rotatable bonds is 2. The van der Waals surface area contributed by atoms with Gasteiger partial charge in [-0.25, -0.2) is 0 Å². The van der Waals surface area contributed by atoms with Gasteiger partial charge >= 0.3 is 0 Å². The molecule has 88 valence electrons. The first kappa shape index (κ1) is 10.8. The van der Waals surface area contributed by atoms with E-state index >= 15 is 0 Å². The Bertz CT molecular complexity index is 672. The van der Waals surface area contributed by atoms with Crippen molar-refractivity contribution in [1.82, 2.24) is 0 Å². The summed E-state index contributed by atoms with van der Waals surface area (Å²) in [5.74, 6) is 0. The number of benzene rings is 2. The highest BCUT2D eigenvalue weighted by Gasteiger charge is 2.02. The largest absolute Gasteiger partial charge is 0.207 e. The topological polar surface area (TPSA) is 15.9 Å². The predicted molar refractivity (Wildman–Crippen MR) is 74.3 cm³/mol. The molecule has 3 rings (SSSR count). The van der Waals surface area contributed by atoms with E-state index < -0.39 is 0 Å². The van der Waals surface area contributed by atoms with Crippen LogP contribution in [-0.4, -0.2) is 0 Å². The van der Waals surface area contributed by atoms with Gasteiger partial charge in [-0.3, -0.25) is 0 Å². The molecule has 0 radical (unpaired) electrons. The van der Waals surface area contributed by atoms with Crippen molar-refractivity contribution in [1.29, 1.82) is 0 Å². The molecule has 1 aromatic heterocycles. The first-order chi connectivity index (χ1) is 8.81. The highest BCUT2D eigenvalue weighted by molar-refractivity contribution is 5.80. The van der Waals surface area contributed by atoms with E-state index in [2.05, 4.69) is 73.1 Å². The van der Waals surface area contributed by atoms with Gasteiger partial charge in [-0.05, 0) is 30.5 Å². The lowest BCUT2D eigenvalue weighted by molar-refractivity contribution is -0.641. The summed E-state index contributed by atoms with van der Waals surface area (Å²) < 4.78 is 1.98. The lowest BCUT2D eigenvalue weighted by atomic mass is 10.2. The van der Waals surface area contributed by atoms with Gasteiger partial charge in [-0.15, -0.1) is 0 Å². The van der Waals surface area contributed by atoms with E-state index in [4.69, 9.17) is 0 Å². The third-order valence-electron chi connectivity index (χ3n) is 3.00. The second kappa shape index (κ2) is 4.49. The molecule has 2 heteroatoms. The Balaban J connectivity index is 1.92. The zero-order valence-electron chi connectivity index (χ0n) is 10.3. The fraction of sp³-hybridized carbons (Fsp3) is 0.0625. The van der Waals surface area contributed by atoms with Gasteiger partial charge in [0.15, 0.2) is 6.20 Å². The summed E-state index contributed by atoms with van der Waals surface area (Å²) in [6, 6.07) is 18.8. The van der Waals surface area contributed by atoms with Gasteiger partial charge in [0.2, 0.25) is 6.20 Å². The molecule has 0 spiro atoms. The van der Waals surface area contributed by atoms with Gasteiger partial charge in [0.25, 0.3) is 0 Å². The summed E-state index contributed by atoms with van der Waals surface area (Å²) in [5.41, 5.74) is 5.69. The molecule has 0 atom stereocenters. The minimum atomic E-state index is 1.08. The van der Waals surface area contributed by atoms with Crippen LogP contribution >= 0.6 is 0 Å². The molecular formula is C16H15N2+. The molecule has 0 aliphatic heterocycles. The Kier molecular flexibility index (Phi) is 2.69. The molecule has 0 saturated carbocycles. The average Bonchev–Trinajstić information content (AvgIpc) is 2.41. The number of nitrogens with one attached hydrogen (secondary N) is 1. The van der Waals surface area contributed by atoms with Gasteiger partial charge in [0.05, 0.1) is 5.69 Å². The summed E-state index contributed by atoms with van der Waals surface area (Å²) in [6.07, 6.45) is 4.12. The Morgan fingerprint density at radius 3 is 2.33 bits per heavy atom. The standard InChI is InChI=1S/C16H15N2/c1-13-6-8-16(9-7-13)17-18-11-10-14-4-2-3-5-15(14)12-18/h2-12,17H,1H3/q+1. The molecule has 2 aromatic carbocycles. The maximum Gasteiger partial charge on any atom is 0.207 e. The monoisotopic (exact) mass is 235 g/mol. The summed E-state index contributed by atoms with van der Waals surface area (Å²) in [6.45, 7) is 2.09. The zero-order chi connectivity index (χ0) is 12.4. The van der Waals surface area contributed by atoms with Gasteiger partial charge in [-0.2, -0.15) is 5.43 Å². The molecule has 0 unspecified atom stereocenters. The van der Waals surface area contributed by atoms with E-state index in [1.807, 2.05) is 10.9 Å². The summed E-state index contributed by atoms with van der Waals surface area (Å²) in [4.78, 5) is 0. The normalized spacial score (nSPS) is 10.5. The van der Waals surface area contributed by atoms with E-state index in [1.165, 1.54) is 16.3 Å². The van der Waals surface area contributed by atoms with E-state index in [-0.39, 0.29) is 0 Å². The Morgan fingerprint density at radius 1 is 0.833 bits per heavy atom. The number of nitrogens with zero attached hydrogens (tertiary/aromatic N) is 1. The van der Waals surface area contributed by atoms with Crippen LogP contribution in [0.25, 0.3) is 10.8 Å². The summed E-state index contributed by atoms with van der Waals surface area (Å²) >= 11 is 0. The second-order valence-electron chi connectivity index (χ2n) is 4.46. The Hall–Kier alpha value is -2.35. The van der Waals surface area contributed by atoms with Crippen molar-refractivity contribution < 1.29 is 4.68 Å². The van der Waals surface area contributed by atoms with E-state index in [0.717, 1.165) is 5.69 Å². The third kappa shape index (κ3) is 2.18. The van der Waals surface area contributed by atoms with Crippen LogP contribution in [0.4, 0.5) is 5.69 Å². The molecule has 0 fully saturated rings. The number of anilines is 1. The quantitative estimate of drug-likeness (QED) is 0.674. The van der Waals surface area contributed by atoms with Crippen molar-refractivity contribution in [2.75, 3.05) is 5.43 Å². The maximum absolute atomic E-state index is 3.34. The van der Waals surface area contributed by atoms with Crippen LogP contribution in [0.3, 0.4) is 0 Å². The van der Waals surface area contributed by atoms with Crippen LogP contribution in [0, 0.1) is 6.92 Å². The minimum absolute atomic E-state index is 1.08. The van der Waals surface area contributed by atoms with Gasteiger partial charge < -0.3 is 0 Å². The van der Waals surface area contributed by atoms with Gasteiger partial charge in [0.1, 0.15) is 0 Å². The summed E-state index contributed by atoms with van der Waals surface area (Å²) in [5, 5.41) is 2.47. The molecule has 2 nitrogen and oxygen atoms in total. The van der Waals surface area contributed by atoms with Crippen LogP contribution in [0.5, 0.6) is 0 Å². The molecule has 18 heavy (non-hydrogen) atoms. The van der Waals surface area contributed by atoms with E-state index in [1.54, 1.807) is 0 Å². The molecule has 0 amide bonds. The average molecular weight is 235 g/mol. The Labute approximate surface area is 106 Å². The van der Waals surface area contributed by atoms with E-state index in [9.17, 15) is 0 Å². The van der Waals surface area contributed by atoms with Crippen LogP contribution in [0.1, 0.15) is 5.56 Å². The van der Waals surface area contributed by atoms with Crippen LogP contribution in [0.15, 0.2) is 67.0 Å². The molecule has 3 aromatic rings. The number of fused-ring (bicyclic) bond motifs is 1. The summed E-state index contributed by atoms with van der Waals surface area (Å²) in [7, 11) is 0. The highest BCUT2D eigenvalue weighted by atomic mass is 15.4. The fourth-order valence-corrected chi connectivity index (χ4v) is 1.98. The molecule has 0 aliphatic rings. The number of hydrogen-bond acceptors (Lipinski definition) is 1. The molecular weight excluding hydrogens is 220 g/mol. The minimum Gasteiger partial charge on any atom is -0.161 e. The van der Waals surface area contributed by atoms with Crippen molar-refractivity contribution in [3.63, 3.8) is 0 Å². The zero-order valence-corrected chi connectivity index (χ0v) is 10.3. The fourth-order valence-electron chi connectivity index (χ4n) is 1.98.